The van der Waals surface area contributed by atoms with Crippen LogP contribution in [0, 0.1) is 6.92 Å². The second kappa shape index (κ2) is 7.23. The second-order valence-electron chi connectivity index (χ2n) is 6.22. The number of aromatic nitrogens is 3. The number of nitrogens with zero attached hydrogens (tertiary/aromatic N) is 4. The number of anilines is 1. The first-order chi connectivity index (χ1) is 12.3. The van der Waals surface area contributed by atoms with Crippen LogP contribution in [-0.2, 0) is 0 Å². The van der Waals surface area contributed by atoms with E-state index in [1.807, 2.05) is 11.8 Å². The molecule has 1 aliphatic heterocycles. The fraction of sp³-hybridized carbons (Fsp3) is 0.389. The van der Waals surface area contributed by atoms with Crippen molar-refractivity contribution in [2.45, 2.75) is 32.3 Å². The first kappa shape index (κ1) is 18.0. The molecule has 0 spiro atoms. The summed E-state index contributed by atoms with van der Waals surface area (Å²) in [5.41, 5.74) is 1.68. The summed E-state index contributed by atoms with van der Waals surface area (Å²) in [5.74, 6) is -1.54. The fourth-order valence-corrected chi connectivity index (χ4v) is 2.56. The molecule has 0 radical (unpaired) electrons. The van der Waals surface area contributed by atoms with E-state index in [0.717, 1.165) is 31.3 Å². The van der Waals surface area contributed by atoms with Gasteiger partial charge in [-0.3, -0.25) is 0 Å². The maximum atomic E-state index is 12.8. The fourth-order valence-electron chi connectivity index (χ4n) is 2.56. The summed E-state index contributed by atoms with van der Waals surface area (Å²) in [7, 11) is 0. The Morgan fingerprint density at radius 3 is 2.58 bits per heavy atom. The van der Waals surface area contributed by atoms with Crippen molar-refractivity contribution in [2.75, 3.05) is 18.1 Å². The maximum absolute atomic E-state index is 12.8. The topological polar surface area (TPSA) is 60.4 Å². The van der Waals surface area contributed by atoms with E-state index >= 15 is 0 Å². The summed E-state index contributed by atoms with van der Waals surface area (Å²) >= 11 is 0. The van der Waals surface area contributed by atoms with Gasteiger partial charge < -0.3 is 14.4 Å². The summed E-state index contributed by atoms with van der Waals surface area (Å²) in [6.07, 6.45) is 5.52. The summed E-state index contributed by atoms with van der Waals surface area (Å²) in [6, 6.07) is 3.14. The van der Waals surface area contributed by atoms with Crippen molar-refractivity contribution in [2.24, 2.45) is 0 Å². The zero-order chi connectivity index (χ0) is 18.7. The van der Waals surface area contributed by atoms with Gasteiger partial charge in [-0.15, -0.1) is 0 Å². The van der Waals surface area contributed by atoms with E-state index in [9.17, 15) is 8.78 Å². The third-order valence-electron chi connectivity index (χ3n) is 3.87. The van der Waals surface area contributed by atoms with Crippen molar-refractivity contribution in [1.82, 2.24) is 15.0 Å². The number of hydrogen-bond acceptors (Lipinski definition) is 6. The quantitative estimate of drug-likeness (QED) is 0.785. The number of ether oxygens (including phenoxy) is 2. The zero-order valence-corrected chi connectivity index (χ0v) is 14.7. The van der Waals surface area contributed by atoms with E-state index in [-0.39, 0.29) is 12.0 Å². The lowest BCUT2D eigenvalue weighted by atomic mass is 10.2. The van der Waals surface area contributed by atoms with E-state index in [1.165, 1.54) is 12.3 Å². The monoisotopic (exact) mass is 362 g/mol. The maximum Gasteiger partial charge on any atom is 0.278 e. The van der Waals surface area contributed by atoms with Gasteiger partial charge in [-0.25, -0.2) is 23.7 Å². The lowest BCUT2D eigenvalue weighted by molar-refractivity contribution is -0.0242. The van der Waals surface area contributed by atoms with Gasteiger partial charge in [0, 0.05) is 26.0 Å². The van der Waals surface area contributed by atoms with Crippen LogP contribution in [-0.4, -0.2) is 40.1 Å². The molecular formula is C18H20F2N4O2. The highest BCUT2D eigenvalue weighted by atomic mass is 19.3. The van der Waals surface area contributed by atoms with Gasteiger partial charge in [0.2, 0.25) is 5.88 Å². The summed E-state index contributed by atoms with van der Waals surface area (Å²) < 4.78 is 36.5. The van der Waals surface area contributed by atoms with Gasteiger partial charge in [0.15, 0.2) is 6.61 Å². The van der Waals surface area contributed by atoms with Gasteiger partial charge in [0.25, 0.3) is 5.92 Å². The molecule has 1 saturated heterocycles. The molecule has 2 aromatic rings. The predicted octanol–water partition coefficient (Wildman–Crippen LogP) is 3.39. The Labute approximate surface area is 150 Å². The van der Waals surface area contributed by atoms with E-state index in [1.54, 1.807) is 18.5 Å². The number of aryl methyl sites for hydroxylation is 1. The number of halogens is 2. The van der Waals surface area contributed by atoms with Gasteiger partial charge >= 0.3 is 0 Å². The predicted molar refractivity (Wildman–Crippen MR) is 92.6 cm³/mol. The zero-order valence-electron chi connectivity index (χ0n) is 14.7. The Bertz CT molecular complexity index is 760. The lowest BCUT2D eigenvalue weighted by Crippen LogP contribution is -2.22. The lowest BCUT2D eigenvalue weighted by Gasteiger charge is -2.21. The summed E-state index contributed by atoms with van der Waals surface area (Å²) in [6.45, 7) is 6.76. The average Bonchev–Trinajstić information content (AvgIpc) is 2.95. The molecule has 8 heteroatoms. The second-order valence-corrected chi connectivity index (χ2v) is 6.22. The third kappa shape index (κ3) is 4.44. The Balaban J connectivity index is 1.59. The van der Waals surface area contributed by atoms with Gasteiger partial charge in [-0.05, 0) is 13.0 Å². The first-order valence-electron chi connectivity index (χ1n) is 8.20. The first-order valence-corrected chi connectivity index (χ1v) is 8.20. The van der Waals surface area contributed by atoms with Crippen LogP contribution in [0.5, 0.6) is 11.6 Å². The van der Waals surface area contributed by atoms with Crippen LogP contribution < -0.4 is 14.4 Å². The van der Waals surface area contributed by atoms with Crippen LogP contribution >= 0.6 is 0 Å². The minimum Gasteiger partial charge on any atom is -0.483 e. The molecule has 0 aromatic carbocycles. The molecule has 26 heavy (non-hydrogen) atoms. The molecule has 1 aliphatic rings. The molecule has 3 heterocycles. The van der Waals surface area contributed by atoms with Crippen LogP contribution in [0.4, 0.5) is 14.5 Å². The largest absolute Gasteiger partial charge is 0.483 e. The van der Waals surface area contributed by atoms with E-state index < -0.39 is 12.5 Å². The number of pyridine rings is 1. The third-order valence-corrected chi connectivity index (χ3v) is 3.87. The van der Waals surface area contributed by atoms with Gasteiger partial charge in [0.1, 0.15) is 17.7 Å². The molecule has 0 N–H and O–H groups in total. The molecule has 2 aromatic heterocycles. The van der Waals surface area contributed by atoms with Crippen molar-refractivity contribution < 1.29 is 18.3 Å². The molecule has 0 saturated carbocycles. The number of hydrogen-bond donors (Lipinski definition) is 0. The SMILES string of the molecule is C=C1[C@H](Oc2ccc(OCC(C)(F)F)nc2)CCN1c1cnc(C)nc1. The van der Waals surface area contributed by atoms with Gasteiger partial charge in [0.05, 0.1) is 30.0 Å². The smallest absolute Gasteiger partial charge is 0.278 e. The molecule has 138 valence electrons. The number of alkyl halides is 2. The minimum absolute atomic E-state index is 0.127. The normalized spacial score (nSPS) is 17.5. The highest BCUT2D eigenvalue weighted by molar-refractivity contribution is 5.51. The molecule has 6 nitrogen and oxygen atoms in total. The Morgan fingerprint density at radius 1 is 1.23 bits per heavy atom. The van der Waals surface area contributed by atoms with Crippen LogP contribution in [0.15, 0.2) is 43.0 Å². The van der Waals surface area contributed by atoms with Crippen molar-refractivity contribution >= 4 is 5.69 Å². The molecular weight excluding hydrogens is 342 g/mol. The van der Waals surface area contributed by atoms with Crippen LogP contribution in [0.2, 0.25) is 0 Å². The molecule has 3 rings (SSSR count). The Kier molecular flexibility index (Phi) is 5.01. The standard InChI is InChI=1S/C18H20F2N4O2/c1-12-16(6-7-24(12)14-8-21-13(2)22-9-14)26-15-4-5-17(23-10-15)25-11-18(3,19)20/h4-5,8-10,16H,1,6-7,11H2,2-3H3/t16-/m1/s1. The Hall–Kier alpha value is -2.77. The number of rotatable bonds is 6. The van der Waals surface area contributed by atoms with E-state index in [4.69, 9.17) is 9.47 Å². The molecule has 0 bridgehead atoms. The van der Waals surface area contributed by atoms with E-state index in [2.05, 4.69) is 21.5 Å². The molecule has 1 atom stereocenters. The molecule has 0 amide bonds. The molecule has 0 aliphatic carbocycles. The van der Waals surface area contributed by atoms with Crippen LogP contribution in [0.3, 0.4) is 0 Å². The van der Waals surface area contributed by atoms with Crippen molar-refractivity contribution in [3.63, 3.8) is 0 Å². The molecule has 0 unspecified atom stereocenters. The van der Waals surface area contributed by atoms with Crippen molar-refractivity contribution in [3.8, 4) is 11.6 Å². The van der Waals surface area contributed by atoms with Crippen LogP contribution in [0.1, 0.15) is 19.2 Å². The summed E-state index contributed by atoms with van der Waals surface area (Å²) in [4.78, 5) is 14.4. The summed E-state index contributed by atoms with van der Waals surface area (Å²) in [5, 5.41) is 0. The average molecular weight is 362 g/mol. The Morgan fingerprint density at radius 2 is 1.96 bits per heavy atom. The van der Waals surface area contributed by atoms with E-state index in [0.29, 0.717) is 11.6 Å². The minimum atomic E-state index is -2.90. The van der Waals surface area contributed by atoms with Crippen molar-refractivity contribution in [3.05, 3.63) is 48.8 Å². The van der Waals surface area contributed by atoms with Crippen molar-refractivity contribution in [1.29, 1.82) is 0 Å². The van der Waals surface area contributed by atoms with Gasteiger partial charge in [-0.2, -0.15) is 0 Å². The highest BCUT2D eigenvalue weighted by Crippen LogP contribution is 2.30. The highest BCUT2D eigenvalue weighted by Gasteiger charge is 2.29. The van der Waals surface area contributed by atoms with Gasteiger partial charge in [-0.1, -0.05) is 6.58 Å². The van der Waals surface area contributed by atoms with Crippen LogP contribution in [0.25, 0.3) is 0 Å². The molecule has 1 fully saturated rings.